The van der Waals surface area contributed by atoms with Gasteiger partial charge in [-0.1, -0.05) is 56.3 Å². The van der Waals surface area contributed by atoms with Crippen LogP contribution in [0, 0.1) is 0 Å². The molecule has 176 valence electrons. The summed E-state index contributed by atoms with van der Waals surface area (Å²) >= 11 is 0. The van der Waals surface area contributed by atoms with E-state index in [9.17, 15) is 4.79 Å². The molecular formula is C29H26N2O4. The molecule has 0 unspecified atom stereocenters. The quantitative estimate of drug-likeness (QED) is 0.286. The van der Waals surface area contributed by atoms with E-state index in [-0.39, 0.29) is 12.5 Å². The molecule has 35 heavy (non-hydrogen) atoms. The van der Waals surface area contributed by atoms with Crippen molar-refractivity contribution in [3.63, 3.8) is 0 Å². The Labute approximate surface area is 203 Å². The summed E-state index contributed by atoms with van der Waals surface area (Å²) in [5.74, 6) is 1.77. The number of hydrogen-bond donors (Lipinski definition) is 1. The van der Waals surface area contributed by atoms with Crippen LogP contribution in [0.3, 0.4) is 0 Å². The summed E-state index contributed by atoms with van der Waals surface area (Å²) in [5, 5.41) is 4.90. The Kier molecular flexibility index (Phi) is 6.10. The minimum Gasteiger partial charge on any atom is -0.495 e. The Balaban J connectivity index is 1.36. The number of carbonyl (C=O) groups excluding carboxylic acids is 1. The molecule has 1 amide bonds. The van der Waals surface area contributed by atoms with Crippen LogP contribution < -0.4 is 14.8 Å². The highest BCUT2D eigenvalue weighted by Gasteiger charge is 2.15. The number of fused-ring (bicyclic) bond motifs is 2. The van der Waals surface area contributed by atoms with Gasteiger partial charge in [-0.15, -0.1) is 0 Å². The van der Waals surface area contributed by atoms with Gasteiger partial charge in [0.1, 0.15) is 17.0 Å². The molecule has 0 spiro atoms. The second-order valence-corrected chi connectivity index (χ2v) is 8.63. The first-order valence-corrected chi connectivity index (χ1v) is 11.5. The second-order valence-electron chi connectivity index (χ2n) is 8.63. The third-order valence-corrected chi connectivity index (χ3v) is 5.91. The van der Waals surface area contributed by atoms with E-state index in [0.717, 1.165) is 21.9 Å². The average molecular weight is 467 g/mol. The average Bonchev–Trinajstić information content (AvgIpc) is 3.31. The van der Waals surface area contributed by atoms with Crippen molar-refractivity contribution in [1.29, 1.82) is 0 Å². The Hall–Kier alpha value is -4.32. The van der Waals surface area contributed by atoms with Crippen molar-refractivity contribution in [2.45, 2.75) is 19.8 Å². The molecule has 1 heterocycles. The van der Waals surface area contributed by atoms with E-state index in [1.807, 2.05) is 60.7 Å². The molecule has 1 N–H and O–H groups in total. The van der Waals surface area contributed by atoms with Crippen molar-refractivity contribution in [3.8, 4) is 23.0 Å². The topological polar surface area (TPSA) is 73.6 Å². The van der Waals surface area contributed by atoms with E-state index in [2.05, 4.69) is 30.2 Å². The lowest BCUT2D eigenvalue weighted by Crippen LogP contribution is -2.20. The van der Waals surface area contributed by atoms with Gasteiger partial charge in [0.05, 0.1) is 12.8 Å². The summed E-state index contributed by atoms with van der Waals surface area (Å²) in [4.78, 5) is 17.4. The zero-order valence-corrected chi connectivity index (χ0v) is 19.9. The fraction of sp³-hybridized carbons (Fsp3) is 0.172. The third-order valence-electron chi connectivity index (χ3n) is 5.91. The summed E-state index contributed by atoms with van der Waals surface area (Å²) in [6.45, 7) is 4.15. The number of aromatic nitrogens is 1. The van der Waals surface area contributed by atoms with Crippen LogP contribution in [0.25, 0.3) is 33.3 Å². The summed E-state index contributed by atoms with van der Waals surface area (Å²) in [6.07, 6.45) is 0. The largest absolute Gasteiger partial charge is 0.495 e. The van der Waals surface area contributed by atoms with Crippen LogP contribution in [0.1, 0.15) is 25.3 Å². The zero-order chi connectivity index (χ0) is 24.4. The predicted molar refractivity (Wildman–Crippen MR) is 138 cm³/mol. The molecule has 1 aromatic heterocycles. The van der Waals surface area contributed by atoms with E-state index < -0.39 is 0 Å². The van der Waals surface area contributed by atoms with E-state index in [1.54, 1.807) is 19.2 Å². The molecule has 0 saturated carbocycles. The predicted octanol–water partition coefficient (Wildman–Crippen LogP) is 6.80. The lowest BCUT2D eigenvalue weighted by atomic mass is 10.0. The Morgan fingerprint density at radius 1 is 0.971 bits per heavy atom. The Bertz CT molecular complexity index is 1520. The molecule has 0 saturated heterocycles. The Morgan fingerprint density at radius 3 is 2.63 bits per heavy atom. The van der Waals surface area contributed by atoms with Gasteiger partial charge in [0.2, 0.25) is 5.89 Å². The number of ether oxygens (including phenoxy) is 2. The number of hydrogen-bond acceptors (Lipinski definition) is 5. The van der Waals surface area contributed by atoms with Crippen LogP contribution in [-0.4, -0.2) is 24.6 Å². The number of oxazole rings is 1. The summed E-state index contributed by atoms with van der Waals surface area (Å²) in [6, 6.07) is 25.1. The number of nitrogens with one attached hydrogen (secondary N) is 1. The van der Waals surface area contributed by atoms with Crippen LogP contribution in [0.15, 0.2) is 83.3 Å². The number of nitrogens with zero attached hydrogens (tertiary/aromatic N) is 1. The molecule has 6 nitrogen and oxygen atoms in total. The van der Waals surface area contributed by atoms with Crippen molar-refractivity contribution in [3.05, 3.63) is 84.4 Å². The van der Waals surface area contributed by atoms with Gasteiger partial charge >= 0.3 is 0 Å². The van der Waals surface area contributed by atoms with E-state index in [0.29, 0.717) is 34.6 Å². The number of amides is 1. The molecule has 4 aromatic carbocycles. The van der Waals surface area contributed by atoms with Crippen LogP contribution in [0.4, 0.5) is 5.69 Å². The number of benzene rings is 4. The van der Waals surface area contributed by atoms with Gasteiger partial charge in [-0.25, -0.2) is 4.98 Å². The first-order chi connectivity index (χ1) is 17.0. The first-order valence-electron chi connectivity index (χ1n) is 11.5. The maximum atomic E-state index is 12.7. The molecule has 0 aliphatic rings. The van der Waals surface area contributed by atoms with Crippen molar-refractivity contribution in [2.75, 3.05) is 19.0 Å². The third kappa shape index (κ3) is 4.68. The van der Waals surface area contributed by atoms with Gasteiger partial charge in [-0.05, 0) is 53.3 Å². The fourth-order valence-electron chi connectivity index (χ4n) is 4.02. The monoisotopic (exact) mass is 466 g/mol. The van der Waals surface area contributed by atoms with E-state index in [1.165, 1.54) is 5.56 Å². The van der Waals surface area contributed by atoms with Gasteiger partial charge in [0, 0.05) is 10.9 Å². The molecule has 5 aromatic rings. The molecule has 0 bridgehead atoms. The summed E-state index contributed by atoms with van der Waals surface area (Å²) in [7, 11) is 1.56. The van der Waals surface area contributed by atoms with Gasteiger partial charge < -0.3 is 19.2 Å². The van der Waals surface area contributed by atoms with Gasteiger partial charge in [-0.2, -0.15) is 0 Å². The molecule has 0 aliphatic heterocycles. The van der Waals surface area contributed by atoms with Crippen molar-refractivity contribution in [1.82, 2.24) is 4.98 Å². The van der Waals surface area contributed by atoms with E-state index >= 15 is 0 Å². The highest BCUT2D eigenvalue weighted by Crippen LogP contribution is 2.33. The maximum absolute atomic E-state index is 12.7. The van der Waals surface area contributed by atoms with Crippen LogP contribution in [0.5, 0.6) is 11.5 Å². The standard InChI is InChI=1S/C29H26N2O4/c1-18(2)20-11-14-27-24(15-20)31-29(35-27)21-12-13-26(33-3)23(16-21)30-28(32)17-34-25-10-6-8-19-7-4-5-9-22(19)25/h4-16,18H,17H2,1-3H3,(H,30,32). The van der Waals surface area contributed by atoms with Crippen LogP contribution >= 0.6 is 0 Å². The minimum absolute atomic E-state index is 0.137. The SMILES string of the molecule is COc1ccc(-c2nc3cc(C(C)C)ccc3o2)cc1NC(=O)COc1cccc2ccccc12. The molecule has 0 aliphatic carbocycles. The van der Waals surface area contributed by atoms with Gasteiger partial charge in [0.15, 0.2) is 12.2 Å². The lowest BCUT2D eigenvalue weighted by Gasteiger charge is -2.13. The van der Waals surface area contributed by atoms with Crippen molar-refractivity contribution >= 4 is 33.5 Å². The molecule has 5 rings (SSSR count). The second kappa shape index (κ2) is 9.50. The van der Waals surface area contributed by atoms with Gasteiger partial charge in [-0.3, -0.25) is 4.79 Å². The van der Waals surface area contributed by atoms with Crippen molar-refractivity contribution in [2.24, 2.45) is 0 Å². The number of anilines is 1. The molecule has 0 atom stereocenters. The molecule has 0 radical (unpaired) electrons. The number of rotatable bonds is 7. The molecule has 0 fully saturated rings. The first kappa shape index (κ1) is 22.5. The minimum atomic E-state index is -0.299. The summed E-state index contributed by atoms with van der Waals surface area (Å²) < 4.78 is 17.3. The molecular weight excluding hydrogens is 440 g/mol. The normalized spacial score (nSPS) is 11.2. The van der Waals surface area contributed by atoms with Crippen molar-refractivity contribution < 1.29 is 18.7 Å². The number of methoxy groups -OCH3 is 1. The Morgan fingerprint density at radius 2 is 1.80 bits per heavy atom. The summed E-state index contributed by atoms with van der Waals surface area (Å²) in [5.41, 5.74) is 3.97. The highest BCUT2D eigenvalue weighted by atomic mass is 16.5. The lowest BCUT2D eigenvalue weighted by molar-refractivity contribution is -0.118. The zero-order valence-electron chi connectivity index (χ0n) is 19.9. The maximum Gasteiger partial charge on any atom is 0.262 e. The molecule has 6 heteroatoms. The smallest absolute Gasteiger partial charge is 0.262 e. The highest BCUT2D eigenvalue weighted by molar-refractivity contribution is 5.95. The number of carbonyl (C=O) groups is 1. The van der Waals surface area contributed by atoms with E-state index in [4.69, 9.17) is 13.9 Å². The van der Waals surface area contributed by atoms with Crippen LogP contribution in [0.2, 0.25) is 0 Å². The van der Waals surface area contributed by atoms with Crippen LogP contribution in [-0.2, 0) is 4.79 Å². The fourth-order valence-corrected chi connectivity index (χ4v) is 4.02. The van der Waals surface area contributed by atoms with Gasteiger partial charge in [0.25, 0.3) is 5.91 Å².